The smallest absolute Gasteiger partial charge is 0.258 e. The van der Waals surface area contributed by atoms with Gasteiger partial charge in [0.05, 0.1) is 5.57 Å². The van der Waals surface area contributed by atoms with Crippen molar-refractivity contribution in [1.29, 1.82) is 5.41 Å². The molecule has 1 aliphatic carbocycles. The van der Waals surface area contributed by atoms with Gasteiger partial charge in [0.25, 0.3) is 5.91 Å². The number of benzene rings is 1. The molecule has 0 spiro atoms. The Balaban J connectivity index is 1.87. The summed E-state index contributed by atoms with van der Waals surface area (Å²) in [6, 6.07) is 6.67. The number of hydrogen-bond donors (Lipinski definition) is 4. The molecule has 0 bridgehead atoms. The molecule has 1 fully saturated rings. The molecule has 0 aromatic heterocycles. The van der Waals surface area contributed by atoms with Gasteiger partial charge >= 0.3 is 0 Å². The van der Waals surface area contributed by atoms with Crippen LogP contribution < -0.4 is 16.0 Å². The molecule has 1 saturated heterocycles. The van der Waals surface area contributed by atoms with Crippen LogP contribution in [-0.4, -0.2) is 42.2 Å². The van der Waals surface area contributed by atoms with E-state index in [9.17, 15) is 9.59 Å². The number of nitrogens with one attached hydrogen (secondary N) is 4. The molecule has 0 radical (unpaired) electrons. The Bertz CT molecular complexity index is 1220. The summed E-state index contributed by atoms with van der Waals surface area (Å²) in [6.07, 6.45) is 9.49. The Labute approximate surface area is 221 Å². The number of carbonyl (C=O) groups excluding carboxylic acids is 2. The van der Waals surface area contributed by atoms with Crippen LogP contribution in [0.25, 0.3) is 0 Å². The Morgan fingerprint density at radius 2 is 1.92 bits per heavy atom. The van der Waals surface area contributed by atoms with Crippen LogP contribution in [0.5, 0.6) is 0 Å². The fourth-order valence-corrected chi connectivity index (χ4v) is 5.03. The molecule has 1 aromatic carbocycles. The van der Waals surface area contributed by atoms with E-state index in [0.29, 0.717) is 11.3 Å². The quantitative estimate of drug-likeness (QED) is 0.240. The van der Waals surface area contributed by atoms with Gasteiger partial charge in [-0.25, -0.2) is 0 Å². The highest BCUT2D eigenvalue weighted by Gasteiger charge is 2.36. The van der Waals surface area contributed by atoms with Gasteiger partial charge in [-0.05, 0) is 69.2 Å². The lowest BCUT2D eigenvalue weighted by Crippen LogP contribution is -2.50. The summed E-state index contributed by atoms with van der Waals surface area (Å²) in [4.78, 5) is 26.8. The van der Waals surface area contributed by atoms with Crippen molar-refractivity contribution in [2.24, 2.45) is 5.92 Å². The number of amides is 2. The van der Waals surface area contributed by atoms with Crippen molar-refractivity contribution in [1.82, 2.24) is 20.9 Å². The van der Waals surface area contributed by atoms with Gasteiger partial charge in [0, 0.05) is 43.2 Å². The molecule has 3 rings (SSSR count). The van der Waals surface area contributed by atoms with Crippen molar-refractivity contribution in [2.45, 2.75) is 65.8 Å². The average Bonchev–Trinajstić information content (AvgIpc) is 3.17. The Kier molecular flexibility index (Phi) is 8.46. The number of likely N-dealkylation sites (N-methyl/N-ethyl adjacent to an activating group) is 1. The van der Waals surface area contributed by atoms with E-state index in [-0.39, 0.29) is 29.5 Å². The van der Waals surface area contributed by atoms with Gasteiger partial charge in [-0.15, -0.1) is 0 Å². The van der Waals surface area contributed by atoms with Crippen LogP contribution in [0.15, 0.2) is 65.2 Å². The first kappa shape index (κ1) is 28.0. The number of nitrogens with zero attached hydrogens (tertiary/aromatic N) is 1. The largest absolute Gasteiger partial charge is 0.378 e. The van der Waals surface area contributed by atoms with Crippen molar-refractivity contribution >= 4 is 17.6 Å². The van der Waals surface area contributed by atoms with Gasteiger partial charge in [0.15, 0.2) is 0 Å². The van der Waals surface area contributed by atoms with Crippen LogP contribution in [0.3, 0.4) is 0 Å². The molecular formula is C30H41N5O2. The van der Waals surface area contributed by atoms with Gasteiger partial charge in [0.2, 0.25) is 5.91 Å². The molecule has 7 heteroatoms. The minimum atomic E-state index is -0.802. The van der Waals surface area contributed by atoms with E-state index in [1.807, 2.05) is 6.92 Å². The van der Waals surface area contributed by atoms with Gasteiger partial charge in [-0.3, -0.25) is 15.0 Å². The number of amidine groups is 1. The highest BCUT2D eigenvalue weighted by Crippen LogP contribution is 2.42. The highest BCUT2D eigenvalue weighted by atomic mass is 16.2. The van der Waals surface area contributed by atoms with E-state index in [1.165, 1.54) is 21.6 Å². The third-order valence-corrected chi connectivity index (χ3v) is 7.14. The van der Waals surface area contributed by atoms with E-state index in [4.69, 9.17) is 5.41 Å². The maximum Gasteiger partial charge on any atom is 0.258 e. The minimum Gasteiger partial charge on any atom is -0.378 e. The summed E-state index contributed by atoms with van der Waals surface area (Å²) in [5, 5.41) is 17.5. The van der Waals surface area contributed by atoms with E-state index >= 15 is 0 Å². The van der Waals surface area contributed by atoms with Gasteiger partial charge in [-0.1, -0.05) is 44.2 Å². The molecule has 1 heterocycles. The Morgan fingerprint density at radius 3 is 2.54 bits per heavy atom. The number of carbonyl (C=O) groups is 2. The topological polar surface area (TPSA) is 97.3 Å². The van der Waals surface area contributed by atoms with Crippen molar-refractivity contribution < 1.29 is 9.59 Å². The summed E-state index contributed by atoms with van der Waals surface area (Å²) >= 11 is 0. The molecule has 1 aromatic rings. The molecule has 4 N–H and O–H groups in total. The zero-order chi connectivity index (χ0) is 27.5. The van der Waals surface area contributed by atoms with Crippen molar-refractivity contribution in [3.8, 4) is 0 Å². The van der Waals surface area contributed by atoms with Crippen LogP contribution >= 0.6 is 0 Å². The lowest BCUT2D eigenvalue weighted by atomic mass is 9.76. The molecule has 198 valence electrons. The molecule has 2 unspecified atom stereocenters. The highest BCUT2D eigenvalue weighted by molar-refractivity contribution is 6.06. The molecule has 1 aliphatic heterocycles. The van der Waals surface area contributed by atoms with Crippen LogP contribution in [0.2, 0.25) is 0 Å². The molecule has 2 amide bonds. The Hall–Kier alpha value is -3.61. The summed E-state index contributed by atoms with van der Waals surface area (Å²) in [5.74, 6) is 0.343. The number of allylic oxidation sites excluding steroid dienone is 4. The van der Waals surface area contributed by atoms with Crippen LogP contribution in [0.1, 0.15) is 63.6 Å². The second kappa shape index (κ2) is 11.2. The maximum atomic E-state index is 13.0. The standard InChI is InChI=1S/C30H41N5O2/c1-9-20-12-11-18(3)22(15-20)23-17-24-25(16-21(23)10-2)34-28(36)27(24)19(4)33-26(31)13-14-32-30(5,6)29(37)35(7)8/h11-17,21,23,32H,9-10H2,1-8H3,(H2,31,33)(H,34,36)/b14-13-,27-19-. The van der Waals surface area contributed by atoms with Crippen molar-refractivity contribution in [3.63, 3.8) is 0 Å². The van der Waals surface area contributed by atoms with Gasteiger partial charge < -0.3 is 20.9 Å². The van der Waals surface area contributed by atoms with Crippen LogP contribution in [-0.2, 0) is 16.0 Å². The number of fused-ring (bicyclic) bond motifs is 1. The van der Waals surface area contributed by atoms with Crippen molar-refractivity contribution in [3.05, 3.63) is 81.9 Å². The molecule has 0 saturated carbocycles. The first-order chi connectivity index (χ1) is 17.4. The average molecular weight is 504 g/mol. The molecule has 2 aliphatic rings. The van der Waals surface area contributed by atoms with E-state index in [2.05, 4.69) is 67.1 Å². The normalized spacial score (nSPS) is 20.6. The zero-order valence-corrected chi connectivity index (χ0v) is 23.4. The fourth-order valence-electron chi connectivity index (χ4n) is 5.03. The Morgan fingerprint density at radius 1 is 1.22 bits per heavy atom. The van der Waals surface area contributed by atoms with Crippen LogP contribution in [0.4, 0.5) is 0 Å². The van der Waals surface area contributed by atoms with E-state index in [1.54, 1.807) is 40.2 Å². The number of rotatable bonds is 8. The maximum absolute atomic E-state index is 13.0. The third kappa shape index (κ3) is 6.04. The minimum absolute atomic E-state index is 0.0687. The summed E-state index contributed by atoms with van der Waals surface area (Å²) in [6.45, 7) is 11.9. The van der Waals surface area contributed by atoms with E-state index < -0.39 is 5.54 Å². The first-order valence-corrected chi connectivity index (χ1v) is 13.0. The molecular weight excluding hydrogens is 462 g/mol. The summed E-state index contributed by atoms with van der Waals surface area (Å²) in [5.41, 5.74) is 5.96. The summed E-state index contributed by atoms with van der Waals surface area (Å²) < 4.78 is 0. The third-order valence-electron chi connectivity index (χ3n) is 7.14. The number of hydrogen-bond acceptors (Lipinski definition) is 4. The van der Waals surface area contributed by atoms with Crippen LogP contribution in [0, 0.1) is 18.3 Å². The van der Waals surface area contributed by atoms with Gasteiger partial charge in [-0.2, -0.15) is 0 Å². The van der Waals surface area contributed by atoms with E-state index in [0.717, 1.165) is 24.1 Å². The van der Waals surface area contributed by atoms with Gasteiger partial charge in [0.1, 0.15) is 11.4 Å². The lowest BCUT2D eigenvalue weighted by Gasteiger charge is -2.28. The second-order valence-corrected chi connectivity index (χ2v) is 10.6. The molecule has 37 heavy (non-hydrogen) atoms. The zero-order valence-electron chi connectivity index (χ0n) is 23.4. The predicted molar refractivity (Wildman–Crippen MR) is 150 cm³/mol. The predicted octanol–water partition coefficient (Wildman–Crippen LogP) is 4.43. The first-order valence-electron chi connectivity index (χ1n) is 13.0. The number of aryl methyl sites for hydroxylation is 2. The SMILES string of the molecule is CCc1ccc(C)c(C2C=C3C(=CC2CC)NC(=O)/C3=C(/C)NC(=N)/C=C\NC(C)(C)C(=O)N(C)C)c1. The van der Waals surface area contributed by atoms with Crippen molar-refractivity contribution in [2.75, 3.05) is 14.1 Å². The molecule has 7 nitrogen and oxygen atoms in total. The lowest BCUT2D eigenvalue weighted by molar-refractivity contribution is -0.134. The second-order valence-electron chi connectivity index (χ2n) is 10.6. The molecule has 2 atom stereocenters. The fraction of sp³-hybridized carbons (Fsp3) is 0.433. The monoisotopic (exact) mass is 503 g/mol. The summed E-state index contributed by atoms with van der Waals surface area (Å²) in [7, 11) is 3.41.